The number of hydrogen-bond donors (Lipinski definition) is 0. The van der Waals surface area contributed by atoms with Crippen molar-refractivity contribution in [1.82, 2.24) is 19.6 Å². The fraction of sp³-hybridized carbons (Fsp3) is 0.0769. The van der Waals surface area contributed by atoms with Crippen LogP contribution in [-0.4, -0.2) is 28.0 Å². The molecule has 2 aromatic heterocycles. The molecule has 6 rings (SSSR count). The van der Waals surface area contributed by atoms with Gasteiger partial charge in [-0.15, -0.1) is 0 Å². The van der Waals surface area contributed by atoms with Crippen LogP contribution in [0.1, 0.15) is 11.4 Å². The molecule has 35 heavy (non-hydrogen) atoms. The molecule has 0 amide bonds. The van der Waals surface area contributed by atoms with Crippen molar-refractivity contribution in [2.45, 2.75) is 13.1 Å². The Bertz CT molecular complexity index is 1470. The second-order valence-corrected chi connectivity index (χ2v) is 9.96. The molecule has 0 radical (unpaired) electrons. The van der Waals surface area contributed by atoms with E-state index in [9.17, 15) is 8.42 Å². The molecule has 174 valence electrons. The highest BCUT2D eigenvalue weighted by atomic mass is 32.2. The Morgan fingerprint density at radius 3 is 1.37 bits per heavy atom. The number of hydrogen-bond acceptors (Lipinski definition) is 4. The summed E-state index contributed by atoms with van der Waals surface area (Å²) in [6, 6.07) is 30.5. The topological polar surface area (TPSA) is 76.3 Å². The van der Waals surface area contributed by atoms with E-state index in [0.717, 1.165) is 11.4 Å². The molecule has 3 aromatic carbocycles. The average Bonchev–Trinajstić information content (AvgIpc) is 3.61. The molecule has 0 bridgehead atoms. The zero-order chi connectivity index (χ0) is 23.8. The van der Waals surface area contributed by atoms with Crippen LogP contribution in [0.2, 0.25) is 0 Å². The number of nitrogens with zero attached hydrogens (tertiary/aromatic N) is 6. The second kappa shape index (κ2) is 8.44. The van der Waals surface area contributed by atoms with Crippen LogP contribution in [0.5, 0.6) is 0 Å². The van der Waals surface area contributed by atoms with Crippen LogP contribution in [0.4, 0.5) is 11.4 Å². The van der Waals surface area contributed by atoms with Gasteiger partial charge >= 0.3 is 10.2 Å². The Morgan fingerprint density at radius 1 is 0.543 bits per heavy atom. The number of rotatable bonds is 6. The summed E-state index contributed by atoms with van der Waals surface area (Å²) in [6.45, 7) is 0.266. The minimum atomic E-state index is -3.83. The van der Waals surface area contributed by atoms with Crippen molar-refractivity contribution in [3.05, 3.63) is 121 Å². The highest BCUT2D eigenvalue weighted by molar-refractivity contribution is 7.94. The molecule has 0 N–H and O–H groups in total. The van der Waals surface area contributed by atoms with Gasteiger partial charge in [-0.3, -0.25) is 0 Å². The quantitative estimate of drug-likeness (QED) is 0.361. The Balaban J connectivity index is 1.29. The van der Waals surface area contributed by atoms with E-state index in [1.807, 2.05) is 109 Å². The van der Waals surface area contributed by atoms with Crippen molar-refractivity contribution in [2.24, 2.45) is 0 Å². The van der Waals surface area contributed by atoms with E-state index in [2.05, 4.69) is 10.2 Å². The molecule has 9 heteroatoms. The molecule has 0 spiro atoms. The maximum Gasteiger partial charge on any atom is 0.327 e. The van der Waals surface area contributed by atoms with Crippen molar-refractivity contribution in [3.8, 4) is 11.4 Å². The van der Waals surface area contributed by atoms with Crippen molar-refractivity contribution < 1.29 is 8.42 Å². The maximum atomic E-state index is 13.7. The van der Waals surface area contributed by atoms with Crippen LogP contribution in [0.25, 0.3) is 11.4 Å². The lowest BCUT2D eigenvalue weighted by Crippen LogP contribution is -2.37. The summed E-state index contributed by atoms with van der Waals surface area (Å²) in [6.07, 6.45) is 3.68. The van der Waals surface area contributed by atoms with Crippen LogP contribution in [0.3, 0.4) is 0 Å². The third-order valence-corrected chi connectivity index (χ3v) is 7.68. The first kappa shape index (κ1) is 21.2. The standard InChI is InChI=1S/C26H22N6O2S/c33-35(34)31(19-21-15-17-29(27-21)23-9-3-1-4-10-23)25-13-7-8-14-26(25)32(35)20-22-16-18-30(28-22)24-11-5-2-6-12-24/h1-18H,19-20H2. The SMILES string of the molecule is O=S1(=O)N(Cc2ccn(-c3ccccc3)n2)c2ccccc2N1Cc1ccn(-c2ccccc2)n1. The van der Waals surface area contributed by atoms with Crippen LogP contribution in [0.15, 0.2) is 109 Å². The lowest BCUT2D eigenvalue weighted by molar-refractivity contribution is 0.587. The molecule has 1 aliphatic heterocycles. The zero-order valence-electron chi connectivity index (χ0n) is 18.7. The van der Waals surface area contributed by atoms with Crippen LogP contribution < -0.4 is 8.61 Å². The number of fused-ring (bicyclic) bond motifs is 1. The smallest absolute Gasteiger partial charge is 0.245 e. The number of benzene rings is 3. The minimum absolute atomic E-state index is 0.133. The highest BCUT2D eigenvalue weighted by Gasteiger charge is 2.40. The van der Waals surface area contributed by atoms with E-state index in [0.29, 0.717) is 22.8 Å². The van der Waals surface area contributed by atoms with Crippen LogP contribution >= 0.6 is 0 Å². The summed E-state index contributed by atoms with van der Waals surface area (Å²) < 4.78 is 33.7. The van der Waals surface area contributed by atoms with Gasteiger partial charge in [-0.25, -0.2) is 18.0 Å². The molecule has 0 saturated heterocycles. The molecular formula is C26H22N6O2S. The third-order valence-electron chi connectivity index (χ3n) is 5.92. The molecule has 8 nitrogen and oxygen atoms in total. The number of anilines is 2. The van der Waals surface area contributed by atoms with Crippen molar-refractivity contribution in [2.75, 3.05) is 8.61 Å². The van der Waals surface area contributed by atoms with E-state index < -0.39 is 10.2 Å². The van der Waals surface area contributed by atoms with E-state index >= 15 is 0 Å². The van der Waals surface area contributed by atoms with Gasteiger partial charge in [0.05, 0.1) is 47.2 Å². The van der Waals surface area contributed by atoms with Gasteiger partial charge in [0.15, 0.2) is 0 Å². The highest BCUT2D eigenvalue weighted by Crippen LogP contribution is 2.42. The summed E-state index contributed by atoms with van der Waals surface area (Å²) in [4.78, 5) is 0. The third kappa shape index (κ3) is 3.85. The summed E-state index contributed by atoms with van der Waals surface area (Å²) >= 11 is 0. The predicted molar refractivity (Wildman–Crippen MR) is 135 cm³/mol. The van der Waals surface area contributed by atoms with Crippen LogP contribution in [0, 0.1) is 0 Å². The monoisotopic (exact) mass is 482 g/mol. The first-order chi connectivity index (χ1) is 17.1. The van der Waals surface area contributed by atoms with Crippen molar-refractivity contribution >= 4 is 21.6 Å². The molecule has 0 unspecified atom stereocenters. The Hall–Kier alpha value is -4.37. The molecule has 0 aliphatic carbocycles. The lowest BCUT2D eigenvalue weighted by atomic mass is 10.2. The molecule has 1 aliphatic rings. The van der Waals surface area contributed by atoms with Crippen molar-refractivity contribution in [3.63, 3.8) is 0 Å². The van der Waals surface area contributed by atoms with Crippen molar-refractivity contribution in [1.29, 1.82) is 0 Å². The van der Waals surface area contributed by atoms with Gasteiger partial charge in [-0.1, -0.05) is 48.5 Å². The Kier molecular flexibility index (Phi) is 5.11. The molecular weight excluding hydrogens is 460 g/mol. The lowest BCUT2D eigenvalue weighted by Gasteiger charge is -2.20. The fourth-order valence-corrected chi connectivity index (χ4v) is 5.86. The summed E-state index contributed by atoms with van der Waals surface area (Å²) in [5, 5.41) is 9.21. The van der Waals surface area contributed by atoms with E-state index in [1.54, 1.807) is 9.36 Å². The van der Waals surface area contributed by atoms with Gasteiger partial charge in [0.25, 0.3) is 0 Å². The predicted octanol–water partition coefficient (Wildman–Crippen LogP) is 4.33. The van der Waals surface area contributed by atoms with E-state index in [1.165, 1.54) is 8.61 Å². The zero-order valence-corrected chi connectivity index (χ0v) is 19.5. The molecule has 0 fully saturated rings. The van der Waals surface area contributed by atoms with Gasteiger partial charge in [-0.2, -0.15) is 18.6 Å². The maximum absolute atomic E-state index is 13.7. The first-order valence-corrected chi connectivity index (χ1v) is 12.6. The minimum Gasteiger partial charge on any atom is -0.245 e. The summed E-state index contributed by atoms with van der Waals surface area (Å²) in [5.74, 6) is 0. The molecule has 0 saturated carbocycles. The Morgan fingerprint density at radius 2 is 0.943 bits per heavy atom. The summed E-state index contributed by atoms with van der Waals surface area (Å²) in [7, 11) is -3.83. The number of aromatic nitrogens is 4. The second-order valence-electron chi connectivity index (χ2n) is 8.18. The number of para-hydroxylation sites is 4. The van der Waals surface area contributed by atoms with Gasteiger partial charge in [0, 0.05) is 12.4 Å². The van der Waals surface area contributed by atoms with Crippen LogP contribution in [-0.2, 0) is 23.3 Å². The Labute approximate surface area is 203 Å². The molecule has 0 atom stereocenters. The average molecular weight is 483 g/mol. The van der Waals surface area contributed by atoms with E-state index in [-0.39, 0.29) is 13.1 Å². The van der Waals surface area contributed by atoms with Gasteiger partial charge in [0.2, 0.25) is 0 Å². The normalized spacial score (nSPS) is 14.3. The largest absolute Gasteiger partial charge is 0.327 e. The fourth-order valence-electron chi connectivity index (χ4n) is 4.22. The van der Waals surface area contributed by atoms with Gasteiger partial charge < -0.3 is 0 Å². The van der Waals surface area contributed by atoms with Gasteiger partial charge in [0.1, 0.15) is 0 Å². The van der Waals surface area contributed by atoms with E-state index in [4.69, 9.17) is 0 Å². The first-order valence-electron chi connectivity index (χ1n) is 11.2. The molecule has 5 aromatic rings. The van der Waals surface area contributed by atoms with Gasteiger partial charge in [-0.05, 0) is 48.5 Å². The molecule has 3 heterocycles. The summed E-state index contributed by atoms with van der Waals surface area (Å²) in [5.41, 5.74) is 4.40.